The summed E-state index contributed by atoms with van der Waals surface area (Å²) in [5.74, 6) is 0.251. The maximum atomic E-state index is 13.1. The summed E-state index contributed by atoms with van der Waals surface area (Å²) in [4.78, 5) is 24.7. The van der Waals surface area contributed by atoms with Crippen LogP contribution in [0.1, 0.15) is 50.7 Å². The van der Waals surface area contributed by atoms with E-state index in [2.05, 4.69) is 10.0 Å². The normalized spacial score (nSPS) is 17.5. The fourth-order valence-electron chi connectivity index (χ4n) is 4.23. The molecule has 176 valence electrons. The Balaban J connectivity index is 1.45. The highest BCUT2D eigenvalue weighted by Gasteiger charge is 2.29. The van der Waals surface area contributed by atoms with Crippen molar-refractivity contribution in [1.82, 2.24) is 14.9 Å². The molecule has 2 aromatic carbocycles. The molecular weight excluding hydrogens is 442 g/mol. The minimum atomic E-state index is -3.79. The molecule has 1 saturated carbocycles. The maximum Gasteiger partial charge on any atom is 0.324 e. The predicted molar refractivity (Wildman–Crippen MR) is 123 cm³/mol. The summed E-state index contributed by atoms with van der Waals surface area (Å²) in [7, 11) is -3.79. The molecule has 0 radical (unpaired) electrons. The van der Waals surface area contributed by atoms with E-state index < -0.39 is 21.6 Å². The van der Waals surface area contributed by atoms with Crippen LogP contribution >= 0.6 is 0 Å². The Kier molecular flexibility index (Phi) is 6.45. The average molecular weight is 472 g/mol. The molecule has 1 heterocycles. The third-order valence-corrected chi connectivity index (χ3v) is 7.68. The van der Waals surface area contributed by atoms with Crippen molar-refractivity contribution >= 4 is 22.0 Å². The van der Waals surface area contributed by atoms with Gasteiger partial charge in [-0.25, -0.2) is 17.9 Å². The van der Waals surface area contributed by atoms with Gasteiger partial charge in [-0.1, -0.05) is 30.3 Å². The van der Waals surface area contributed by atoms with Gasteiger partial charge < -0.3 is 9.64 Å². The minimum Gasteiger partial charge on any atom is -0.490 e. The summed E-state index contributed by atoms with van der Waals surface area (Å²) in [5, 5.41) is 2.25. The minimum absolute atomic E-state index is 0.0371. The molecule has 0 spiro atoms. The quantitative estimate of drug-likeness (QED) is 0.575. The number of rotatable bonds is 8. The summed E-state index contributed by atoms with van der Waals surface area (Å²) in [6, 6.07) is 13.5. The van der Waals surface area contributed by atoms with Gasteiger partial charge in [-0.3, -0.25) is 10.1 Å². The largest absolute Gasteiger partial charge is 0.490 e. The number of benzene rings is 2. The van der Waals surface area contributed by atoms with Gasteiger partial charge in [0, 0.05) is 12.6 Å². The fraction of sp³-hybridized carbons (Fsp3) is 0.417. The van der Waals surface area contributed by atoms with Gasteiger partial charge in [0.15, 0.2) is 0 Å². The van der Waals surface area contributed by atoms with E-state index in [1.54, 1.807) is 38.1 Å². The standard InChI is InChI=1S/C24H29N3O5S/c1-24(2,18-12-10-17(11-13-18)15-27-16-22(28)25-23(27)29)26-33(30,31)21-9-5-8-20(14-21)32-19-6-3-4-7-19/h5,8-14,19,26H,3-4,6-7,15-16H2,1-2H3,(H,25,28,29). The second-order valence-electron chi connectivity index (χ2n) is 9.14. The molecule has 2 aromatic rings. The number of sulfonamides is 1. The van der Waals surface area contributed by atoms with Gasteiger partial charge in [0.25, 0.3) is 0 Å². The lowest BCUT2D eigenvalue weighted by Crippen LogP contribution is -2.40. The van der Waals surface area contributed by atoms with Gasteiger partial charge in [-0.2, -0.15) is 0 Å². The van der Waals surface area contributed by atoms with Gasteiger partial charge in [0.05, 0.1) is 16.5 Å². The van der Waals surface area contributed by atoms with Gasteiger partial charge in [0.2, 0.25) is 15.9 Å². The smallest absolute Gasteiger partial charge is 0.324 e. The Hall–Kier alpha value is -2.91. The molecule has 0 unspecified atom stereocenters. The van der Waals surface area contributed by atoms with Gasteiger partial charge in [-0.05, 0) is 62.8 Å². The van der Waals surface area contributed by atoms with E-state index in [4.69, 9.17) is 4.74 Å². The van der Waals surface area contributed by atoms with Crippen LogP contribution in [0.3, 0.4) is 0 Å². The van der Waals surface area contributed by atoms with E-state index >= 15 is 0 Å². The number of imide groups is 1. The Morgan fingerprint density at radius 3 is 2.42 bits per heavy atom. The number of hydrogen-bond donors (Lipinski definition) is 2. The van der Waals surface area contributed by atoms with Crippen molar-refractivity contribution in [3.63, 3.8) is 0 Å². The molecule has 3 amide bonds. The zero-order valence-electron chi connectivity index (χ0n) is 18.8. The number of amides is 3. The Morgan fingerprint density at radius 1 is 1.09 bits per heavy atom. The molecule has 1 aliphatic carbocycles. The number of ether oxygens (including phenoxy) is 1. The molecule has 2 N–H and O–H groups in total. The van der Waals surface area contributed by atoms with Crippen LogP contribution in [-0.4, -0.2) is 37.9 Å². The second kappa shape index (κ2) is 9.15. The van der Waals surface area contributed by atoms with Crippen molar-refractivity contribution in [2.24, 2.45) is 0 Å². The molecule has 0 aromatic heterocycles. The monoisotopic (exact) mass is 471 g/mol. The fourth-order valence-corrected chi connectivity index (χ4v) is 5.66. The van der Waals surface area contributed by atoms with Crippen LogP contribution in [0.15, 0.2) is 53.4 Å². The summed E-state index contributed by atoms with van der Waals surface area (Å²) in [6.07, 6.45) is 4.42. The zero-order chi connectivity index (χ0) is 23.6. The van der Waals surface area contributed by atoms with Crippen molar-refractivity contribution in [3.05, 3.63) is 59.7 Å². The van der Waals surface area contributed by atoms with Crippen LogP contribution in [0.2, 0.25) is 0 Å². The van der Waals surface area contributed by atoms with Crippen LogP contribution in [0.5, 0.6) is 5.75 Å². The lowest BCUT2D eigenvalue weighted by atomic mass is 9.95. The van der Waals surface area contributed by atoms with E-state index in [1.165, 1.54) is 4.90 Å². The highest BCUT2D eigenvalue weighted by atomic mass is 32.2. The SMILES string of the molecule is CC(C)(NS(=O)(=O)c1cccc(OC2CCCC2)c1)c1ccc(CN2CC(=O)NC2=O)cc1. The average Bonchev–Trinajstić information content (AvgIpc) is 3.37. The van der Waals surface area contributed by atoms with Crippen LogP contribution in [-0.2, 0) is 26.9 Å². The van der Waals surface area contributed by atoms with Crippen molar-refractivity contribution in [2.75, 3.05) is 6.54 Å². The lowest BCUT2D eigenvalue weighted by molar-refractivity contribution is -0.118. The third kappa shape index (κ3) is 5.54. The summed E-state index contributed by atoms with van der Waals surface area (Å²) in [5.41, 5.74) is 0.745. The van der Waals surface area contributed by atoms with E-state index in [0.29, 0.717) is 12.3 Å². The number of carbonyl (C=O) groups excluding carboxylic acids is 2. The third-order valence-electron chi connectivity index (χ3n) is 6.03. The second-order valence-corrected chi connectivity index (χ2v) is 10.8. The van der Waals surface area contributed by atoms with Crippen LogP contribution < -0.4 is 14.8 Å². The molecule has 1 saturated heterocycles. The first-order valence-electron chi connectivity index (χ1n) is 11.1. The first kappa shape index (κ1) is 23.3. The van der Waals surface area contributed by atoms with Crippen LogP contribution in [0.4, 0.5) is 4.79 Å². The Morgan fingerprint density at radius 2 is 1.79 bits per heavy atom. The Bertz CT molecular complexity index is 1140. The Labute approximate surface area is 194 Å². The summed E-state index contributed by atoms with van der Waals surface area (Å²) < 4.78 is 35.0. The maximum absolute atomic E-state index is 13.1. The number of hydrogen-bond acceptors (Lipinski definition) is 5. The first-order valence-corrected chi connectivity index (χ1v) is 12.6. The van der Waals surface area contributed by atoms with Crippen LogP contribution in [0, 0.1) is 0 Å². The number of carbonyl (C=O) groups is 2. The molecule has 0 bridgehead atoms. The number of nitrogens with zero attached hydrogens (tertiary/aromatic N) is 1. The van der Waals surface area contributed by atoms with Crippen molar-refractivity contribution in [3.8, 4) is 5.75 Å². The molecule has 9 heteroatoms. The number of nitrogens with one attached hydrogen (secondary N) is 2. The van der Waals surface area contributed by atoms with E-state index in [-0.39, 0.29) is 23.5 Å². The van der Waals surface area contributed by atoms with Crippen LogP contribution in [0.25, 0.3) is 0 Å². The molecule has 33 heavy (non-hydrogen) atoms. The molecule has 1 aliphatic heterocycles. The van der Waals surface area contributed by atoms with Gasteiger partial charge in [0.1, 0.15) is 12.3 Å². The van der Waals surface area contributed by atoms with E-state index in [0.717, 1.165) is 36.8 Å². The molecule has 2 fully saturated rings. The molecular formula is C24H29N3O5S. The molecule has 8 nitrogen and oxygen atoms in total. The number of urea groups is 1. The first-order chi connectivity index (χ1) is 15.6. The molecule has 0 atom stereocenters. The topological polar surface area (TPSA) is 105 Å². The highest BCUT2D eigenvalue weighted by Crippen LogP contribution is 2.28. The summed E-state index contributed by atoms with van der Waals surface area (Å²) in [6.45, 7) is 3.93. The molecule has 4 rings (SSSR count). The molecule has 2 aliphatic rings. The van der Waals surface area contributed by atoms with E-state index in [9.17, 15) is 18.0 Å². The van der Waals surface area contributed by atoms with E-state index in [1.807, 2.05) is 24.3 Å². The van der Waals surface area contributed by atoms with Gasteiger partial charge >= 0.3 is 6.03 Å². The highest BCUT2D eigenvalue weighted by molar-refractivity contribution is 7.89. The van der Waals surface area contributed by atoms with Crippen molar-refractivity contribution < 1.29 is 22.7 Å². The van der Waals surface area contributed by atoms with Gasteiger partial charge in [-0.15, -0.1) is 0 Å². The van der Waals surface area contributed by atoms with Crippen molar-refractivity contribution in [1.29, 1.82) is 0 Å². The van der Waals surface area contributed by atoms with Crippen molar-refractivity contribution in [2.45, 2.75) is 62.6 Å². The summed E-state index contributed by atoms with van der Waals surface area (Å²) >= 11 is 0. The predicted octanol–water partition coefficient (Wildman–Crippen LogP) is 3.27. The zero-order valence-corrected chi connectivity index (χ0v) is 19.7. The lowest BCUT2D eigenvalue weighted by Gasteiger charge is -2.27.